The highest BCUT2D eigenvalue weighted by atomic mass is 16.7. The van der Waals surface area contributed by atoms with Crippen molar-refractivity contribution in [1.82, 2.24) is 10.4 Å². The third-order valence-electron chi connectivity index (χ3n) is 4.54. The quantitative estimate of drug-likeness (QED) is 0.779. The Bertz CT molecular complexity index is 598. The molecule has 4 nitrogen and oxygen atoms in total. The Labute approximate surface area is 149 Å². The van der Waals surface area contributed by atoms with E-state index in [-0.39, 0.29) is 12.1 Å². The summed E-state index contributed by atoms with van der Waals surface area (Å²) >= 11 is 0. The van der Waals surface area contributed by atoms with Gasteiger partial charge in [-0.2, -0.15) is 0 Å². The Morgan fingerprint density at radius 3 is 1.92 bits per heavy atom. The fraction of sp³-hybridized carbons (Fsp3) is 0.381. The normalized spacial score (nSPS) is 15.1. The van der Waals surface area contributed by atoms with Crippen LogP contribution in [0.15, 0.2) is 60.7 Å². The van der Waals surface area contributed by atoms with Gasteiger partial charge in [-0.25, -0.2) is 4.79 Å². The van der Waals surface area contributed by atoms with Gasteiger partial charge in [0.25, 0.3) is 0 Å². The maximum absolute atomic E-state index is 12.3. The topological polar surface area (TPSA) is 41.6 Å². The van der Waals surface area contributed by atoms with Crippen LogP contribution in [0.4, 0.5) is 4.79 Å². The Morgan fingerprint density at radius 2 is 1.40 bits per heavy atom. The van der Waals surface area contributed by atoms with Gasteiger partial charge in [-0.3, -0.25) is 0 Å². The van der Waals surface area contributed by atoms with Gasteiger partial charge in [-0.1, -0.05) is 79.9 Å². The molecule has 2 aromatic carbocycles. The van der Waals surface area contributed by atoms with E-state index in [1.165, 1.54) is 19.3 Å². The minimum Gasteiger partial charge on any atom is -0.350 e. The van der Waals surface area contributed by atoms with Crippen molar-refractivity contribution in [2.75, 3.05) is 0 Å². The summed E-state index contributed by atoms with van der Waals surface area (Å²) in [5.41, 5.74) is 2.23. The number of hydroxylamine groups is 2. The van der Waals surface area contributed by atoms with Crippen LogP contribution in [0.1, 0.15) is 43.2 Å². The van der Waals surface area contributed by atoms with Crippen molar-refractivity contribution in [1.29, 1.82) is 0 Å². The summed E-state index contributed by atoms with van der Waals surface area (Å²) in [7, 11) is 0. The predicted octanol–water partition coefficient (Wildman–Crippen LogP) is 4.66. The smallest absolute Gasteiger partial charge is 0.350 e. The molecule has 0 unspecified atom stereocenters. The minimum absolute atomic E-state index is 0.247. The molecule has 3 rings (SSSR count). The van der Waals surface area contributed by atoms with Crippen LogP contribution in [0.2, 0.25) is 0 Å². The first-order valence-corrected chi connectivity index (χ1v) is 9.11. The molecule has 4 heteroatoms. The predicted molar refractivity (Wildman–Crippen MR) is 98.6 cm³/mol. The molecule has 1 aliphatic carbocycles. The van der Waals surface area contributed by atoms with E-state index in [2.05, 4.69) is 5.32 Å². The van der Waals surface area contributed by atoms with Gasteiger partial charge in [0.05, 0.1) is 13.1 Å². The second-order valence-electron chi connectivity index (χ2n) is 6.63. The van der Waals surface area contributed by atoms with Crippen LogP contribution in [0.25, 0.3) is 0 Å². The maximum atomic E-state index is 12.3. The summed E-state index contributed by atoms with van der Waals surface area (Å²) in [5, 5.41) is 4.74. The zero-order valence-corrected chi connectivity index (χ0v) is 14.6. The molecule has 25 heavy (non-hydrogen) atoms. The molecule has 0 aliphatic heterocycles. The second kappa shape index (κ2) is 9.23. The van der Waals surface area contributed by atoms with E-state index in [1.54, 1.807) is 5.06 Å². The number of carbonyl (C=O) groups is 1. The van der Waals surface area contributed by atoms with Crippen LogP contribution < -0.4 is 5.32 Å². The first-order chi connectivity index (χ1) is 12.3. The number of hydrogen-bond donors (Lipinski definition) is 1. The lowest BCUT2D eigenvalue weighted by Gasteiger charge is -2.25. The van der Waals surface area contributed by atoms with Crippen LogP contribution in [0, 0.1) is 0 Å². The van der Waals surface area contributed by atoms with Gasteiger partial charge in [0, 0.05) is 6.04 Å². The van der Waals surface area contributed by atoms with Gasteiger partial charge in [-0.05, 0) is 24.0 Å². The van der Waals surface area contributed by atoms with Crippen molar-refractivity contribution in [3.8, 4) is 0 Å². The molecule has 0 atom stereocenters. The first-order valence-electron chi connectivity index (χ1n) is 9.11. The van der Waals surface area contributed by atoms with Gasteiger partial charge in [-0.15, -0.1) is 5.06 Å². The SMILES string of the molecule is O=C(NC1CCCCC1)ON(Cc1ccccc1)Cc1ccccc1. The third kappa shape index (κ3) is 5.91. The molecule has 1 fully saturated rings. The van der Waals surface area contributed by atoms with Crippen LogP contribution in [0.5, 0.6) is 0 Å². The van der Waals surface area contributed by atoms with Gasteiger partial charge in [0.15, 0.2) is 0 Å². The summed E-state index contributed by atoms with van der Waals surface area (Å²) < 4.78 is 0. The summed E-state index contributed by atoms with van der Waals surface area (Å²) in [4.78, 5) is 18.0. The molecule has 0 aromatic heterocycles. The molecule has 1 amide bonds. The Hall–Kier alpha value is -2.33. The molecule has 0 spiro atoms. The first kappa shape index (κ1) is 17.5. The molecule has 1 aliphatic rings. The molecule has 1 saturated carbocycles. The van der Waals surface area contributed by atoms with Crippen molar-refractivity contribution in [2.24, 2.45) is 0 Å². The van der Waals surface area contributed by atoms with E-state index in [0.29, 0.717) is 13.1 Å². The van der Waals surface area contributed by atoms with Crippen LogP contribution in [-0.4, -0.2) is 17.2 Å². The zero-order valence-electron chi connectivity index (χ0n) is 14.6. The average Bonchev–Trinajstić information content (AvgIpc) is 2.64. The molecule has 132 valence electrons. The summed E-state index contributed by atoms with van der Waals surface area (Å²) in [5.74, 6) is 0. The maximum Gasteiger partial charge on any atom is 0.426 e. The van der Waals surface area contributed by atoms with Crippen molar-refractivity contribution < 1.29 is 9.63 Å². The third-order valence-corrected chi connectivity index (χ3v) is 4.54. The van der Waals surface area contributed by atoms with E-state index in [9.17, 15) is 4.79 Å². The van der Waals surface area contributed by atoms with Crippen LogP contribution >= 0.6 is 0 Å². The number of rotatable bonds is 6. The van der Waals surface area contributed by atoms with Crippen molar-refractivity contribution >= 4 is 6.09 Å². The number of benzene rings is 2. The molecule has 2 aromatic rings. The number of nitrogens with zero attached hydrogens (tertiary/aromatic N) is 1. The lowest BCUT2D eigenvalue weighted by Crippen LogP contribution is -2.40. The van der Waals surface area contributed by atoms with E-state index in [1.807, 2.05) is 60.7 Å². The summed E-state index contributed by atoms with van der Waals surface area (Å²) in [6, 6.07) is 20.4. The monoisotopic (exact) mass is 338 g/mol. The Kier molecular flexibility index (Phi) is 6.46. The van der Waals surface area contributed by atoms with Crippen molar-refractivity contribution in [2.45, 2.75) is 51.2 Å². The van der Waals surface area contributed by atoms with Gasteiger partial charge >= 0.3 is 6.09 Å². The number of amides is 1. The highest BCUT2D eigenvalue weighted by Gasteiger charge is 2.19. The minimum atomic E-state index is -0.348. The number of carbonyl (C=O) groups excluding carboxylic acids is 1. The summed E-state index contributed by atoms with van der Waals surface area (Å²) in [6.07, 6.45) is 5.38. The second-order valence-corrected chi connectivity index (χ2v) is 6.63. The van der Waals surface area contributed by atoms with E-state index in [4.69, 9.17) is 4.84 Å². The molecule has 1 N–H and O–H groups in total. The lowest BCUT2D eigenvalue weighted by atomic mass is 9.96. The summed E-state index contributed by atoms with van der Waals surface area (Å²) in [6.45, 7) is 1.13. The van der Waals surface area contributed by atoms with E-state index >= 15 is 0 Å². The average molecular weight is 338 g/mol. The highest BCUT2D eigenvalue weighted by molar-refractivity contribution is 5.67. The Balaban J connectivity index is 1.61. The molecule has 0 heterocycles. The highest BCUT2D eigenvalue weighted by Crippen LogP contribution is 2.18. The largest absolute Gasteiger partial charge is 0.426 e. The van der Waals surface area contributed by atoms with Crippen molar-refractivity contribution in [3.05, 3.63) is 71.8 Å². The molecular weight excluding hydrogens is 312 g/mol. The van der Waals surface area contributed by atoms with Gasteiger partial charge in [0.2, 0.25) is 0 Å². The standard InChI is InChI=1S/C21H26N2O2/c24-21(22-20-14-8-3-9-15-20)25-23(16-18-10-4-1-5-11-18)17-19-12-6-2-7-13-19/h1-2,4-7,10-13,20H,3,8-9,14-17H2,(H,22,24). The van der Waals surface area contributed by atoms with Crippen LogP contribution in [0.3, 0.4) is 0 Å². The molecular formula is C21H26N2O2. The van der Waals surface area contributed by atoms with E-state index in [0.717, 1.165) is 24.0 Å². The number of nitrogens with one attached hydrogen (secondary N) is 1. The fourth-order valence-corrected chi connectivity index (χ4v) is 3.25. The van der Waals surface area contributed by atoms with Crippen molar-refractivity contribution in [3.63, 3.8) is 0 Å². The fourth-order valence-electron chi connectivity index (χ4n) is 3.25. The lowest BCUT2D eigenvalue weighted by molar-refractivity contribution is -0.116. The molecule has 0 bridgehead atoms. The van der Waals surface area contributed by atoms with Gasteiger partial charge in [0.1, 0.15) is 0 Å². The zero-order chi connectivity index (χ0) is 17.3. The van der Waals surface area contributed by atoms with Gasteiger partial charge < -0.3 is 10.2 Å². The molecule has 0 radical (unpaired) electrons. The molecule has 0 saturated heterocycles. The van der Waals surface area contributed by atoms with Crippen LogP contribution in [-0.2, 0) is 17.9 Å². The number of hydrogen-bond acceptors (Lipinski definition) is 3. The Morgan fingerprint density at radius 1 is 0.880 bits per heavy atom. The van der Waals surface area contributed by atoms with E-state index < -0.39 is 0 Å².